The lowest BCUT2D eigenvalue weighted by Crippen LogP contribution is -2.27. The Kier molecular flexibility index (Phi) is 6.68. The third-order valence-corrected chi connectivity index (χ3v) is 5.23. The van der Waals surface area contributed by atoms with Gasteiger partial charge in [0.2, 0.25) is 0 Å². The average Bonchev–Trinajstić information content (AvgIpc) is 2.43. The minimum Gasteiger partial charge on any atom is -0.496 e. The maximum atomic E-state index is 12.3. The zero-order valence-electron chi connectivity index (χ0n) is 13.6. The number of ether oxygens (including phenoxy) is 1. The second-order valence-electron chi connectivity index (χ2n) is 5.88. The summed E-state index contributed by atoms with van der Waals surface area (Å²) in [5.41, 5.74) is 1.98. The second kappa shape index (κ2) is 7.80. The van der Waals surface area contributed by atoms with Gasteiger partial charge in [0.15, 0.2) is 9.84 Å². The summed E-state index contributed by atoms with van der Waals surface area (Å²) in [6, 6.07) is 5.58. The van der Waals surface area contributed by atoms with Crippen molar-refractivity contribution in [2.24, 2.45) is 5.92 Å². The molecule has 0 heterocycles. The van der Waals surface area contributed by atoms with E-state index < -0.39 is 9.84 Å². The Bertz CT molecular complexity index is 553. The van der Waals surface area contributed by atoms with Gasteiger partial charge in [-0.15, -0.1) is 0 Å². The molecule has 1 atom stereocenters. The van der Waals surface area contributed by atoms with Crippen molar-refractivity contribution in [2.75, 3.05) is 25.7 Å². The van der Waals surface area contributed by atoms with E-state index in [1.807, 2.05) is 39.0 Å². The van der Waals surface area contributed by atoms with Crippen molar-refractivity contribution in [2.45, 2.75) is 33.2 Å². The molecule has 1 unspecified atom stereocenters. The predicted molar refractivity (Wildman–Crippen MR) is 87.6 cm³/mol. The number of rotatable bonds is 8. The molecule has 21 heavy (non-hydrogen) atoms. The van der Waals surface area contributed by atoms with E-state index in [1.165, 1.54) is 0 Å². The van der Waals surface area contributed by atoms with Gasteiger partial charge in [-0.2, -0.15) is 0 Å². The molecule has 0 aliphatic carbocycles. The first-order valence-corrected chi connectivity index (χ1v) is 9.13. The minimum absolute atomic E-state index is 0.0933. The fourth-order valence-electron chi connectivity index (χ4n) is 2.21. The molecule has 1 aromatic carbocycles. The molecule has 0 aromatic heterocycles. The zero-order valence-corrected chi connectivity index (χ0v) is 14.5. The van der Waals surface area contributed by atoms with Crippen molar-refractivity contribution < 1.29 is 13.2 Å². The molecule has 0 saturated heterocycles. The van der Waals surface area contributed by atoms with Crippen LogP contribution in [-0.4, -0.2) is 34.1 Å². The average molecular weight is 313 g/mol. The fourth-order valence-corrected chi connectivity index (χ4v) is 4.06. The topological polar surface area (TPSA) is 55.4 Å². The van der Waals surface area contributed by atoms with Crippen LogP contribution >= 0.6 is 0 Å². The Balaban J connectivity index is 2.96. The van der Waals surface area contributed by atoms with Crippen LogP contribution in [-0.2, 0) is 9.84 Å². The largest absolute Gasteiger partial charge is 0.496 e. The molecule has 0 fully saturated rings. The molecule has 0 aliphatic rings. The highest BCUT2D eigenvalue weighted by atomic mass is 32.2. The van der Waals surface area contributed by atoms with Crippen molar-refractivity contribution in [1.29, 1.82) is 0 Å². The van der Waals surface area contributed by atoms with E-state index in [-0.39, 0.29) is 17.5 Å². The number of hydrogen-bond donors (Lipinski definition) is 1. The lowest BCUT2D eigenvalue weighted by molar-refractivity contribution is 0.403. The molecule has 1 aromatic rings. The number of aryl methyl sites for hydroxylation is 1. The van der Waals surface area contributed by atoms with Crippen LogP contribution in [0.3, 0.4) is 0 Å². The standard InChI is InChI=1S/C16H27NO3S/c1-12(2)8-9-21(18,19)11-15(17-4)14-10-13(3)6-7-16(14)20-5/h6-7,10,12,15,17H,8-9,11H2,1-5H3. The van der Waals surface area contributed by atoms with Crippen molar-refractivity contribution in [3.63, 3.8) is 0 Å². The summed E-state index contributed by atoms with van der Waals surface area (Å²) in [4.78, 5) is 0. The van der Waals surface area contributed by atoms with Crippen LogP contribution in [0.2, 0.25) is 0 Å². The Labute approximate surface area is 128 Å². The number of benzene rings is 1. The summed E-state index contributed by atoms with van der Waals surface area (Å²) in [5, 5.41) is 3.10. The molecule has 0 aliphatic heterocycles. The summed E-state index contributed by atoms with van der Waals surface area (Å²) in [6.45, 7) is 6.06. The summed E-state index contributed by atoms with van der Waals surface area (Å²) < 4.78 is 29.9. The van der Waals surface area contributed by atoms with E-state index >= 15 is 0 Å². The van der Waals surface area contributed by atoms with Gasteiger partial charge in [0.1, 0.15) is 5.75 Å². The van der Waals surface area contributed by atoms with E-state index in [2.05, 4.69) is 5.32 Å². The van der Waals surface area contributed by atoms with Crippen molar-refractivity contribution in [3.8, 4) is 5.75 Å². The second-order valence-corrected chi connectivity index (χ2v) is 8.11. The molecular formula is C16H27NO3S. The van der Waals surface area contributed by atoms with E-state index in [4.69, 9.17) is 4.74 Å². The molecule has 0 spiro atoms. The number of sulfone groups is 1. The van der Waals surface area contributed by atoms with E-state index in [0.29, 0.717) is 12.3 Å². The lowest BCUT2D eigenvalue weighted by Gasteiger charge is -2.20. The lowest BCUT2D eigenvalue weighted by atomic mass is 10.0. The van der Waals surface area contributed by atoms with Crippen LogP contribution in [0, 0.1) is 12.8 Å². The summed E-state index contributed by atoms with van der Waals surface area (Å²) in [5.74, 6) is 1.44. The quantitative estimate of drug-likeness (QED) is 0.802. The third-order valence-electron chi connectivity index (χ3n) is 3.54. The molecule has 0 bridgehead atoms. The van der Waals surface area contributed by atoms with Crippen molar-refractivity contribution in [3.05, 3.63) is 29.3 Å². The van der Waals surface area contributed by atoms with Gasteiger partial charge in [-0.05, 0) is 32.4 Å². The monoisotopic (exact) mass is 313 g/mol. The van der Waals surface area contributed by atoms with Gasteiger partial charge in [-0.25, -0.2) is 8.42 Å². The highest BCUT2D eigenvalue weighted by Crippen LogP contribution is 2.27. The van der Waals surface area contributed by atoms with Gasteiger partial charge in [-0.3, -0.25) is 0 Å². The summed E-state index contributed by atoms with van der Waals surface area (Å²) in [6.07, 6.45) is 0.698. The van der Waals surface area contributed by atoms with Gasteiger partial charge in [0.25, 0.3) is 0 Å². The molecule has 1 rings (SSSR count). The first kappa shape index (κ1) is 18.0. The first-order valence-electron chi connectivity index (χ1n) is 7.31. The van der Waals surface area contributed by atoms with Gasteiger partial charge in [-0.1, -0.05) is 31.5 Å². The first-order chi connectivity index (χ1) is 9.79. The number of methoxy groups -OCH3 is 1. The van der Waals surface area contributed by atoms with Gasteiger partial charge in [0.05, 0.1) is 18.6 Å². The molecule has 1 N–H and O–H groups in total. The summed E-state index contributed by atoms with van der Waals surface area (Å²) in [7, 11) is 0.295. The zero-order chi connectivity index (χ0) is 16.0. The minimum atomic E-state index is -3.09. The summed E-state index contributed by atoms with van der Waals surface area (Å²) >= 11 is 0. The van der Waals surface area contributed by atoms with Gasteiger partial charge in [0, 0.05) is 11.6 Å². The van der Waals surface area contributed by atoms with Crippen LogP contribution < -0.4 is 10.1 Å². The maximum Gasteiger partial charge on any atom is 0.152 e. The Morgan fingerprint density at radius 2 is 1.95 bits per heavy atom. The molecule has 0 radical (unpaired) electrons. The van der Waals surface area contributed by atoms with Gasteiger partial charge >= 0.3 is 0 Å². The maximum absolute atomic E-state index is 12.3. The van der Waals surface area contributed by atoms with E-state index in [0.717, 1.165) is 16.9 Å². The van der Waals surface area contributed by atoms with Crippen LogP contribution in [0.4, 0.5) is 0 Å². The van der Waals surface area contributed by atoms with Crippen LogP contribution in [0.25, 0.3) is 0 Å². The normalized spacial score (nSPS) is 13.4. The molecule has 0 saturated carbocycles. The number of nitrogens with one attached hydrogen (secondary N) is 1. The SMILES string of the molecule is CNC(CS(=O)(=O)CCC(C)C)c1cc(C)ccc1OC. The van der Waals surface area contributed by atoms with E-state index in [9.17, 15) is 8.42 Å². The predicted octanol–water partition coefficient (Wildman–Crippen LogP) is 2.73. The smallest absolute Gasteiger partial charge is 0.152 e. The molecule has 5 heteroatoms. The van der Waals surface area contributed by atoms with Crippen molar-refractivity contribution in [1.82, 2.24) is 5.32 Å². The highest BCUT2D eigenvalue weighted by molar-refractivity contribution is 7.91. The van der Waals surface area contributed by atoms with Crippen LogP contribution in [0.5, 0.6) is 5.75 Å². The van der Waals surface area contributed by atoms with Gasteiger partial charge < -0.3 is 10.1 Å². The van der Waals surface area contributed by atoms with Crippen molar-refractivity contribution >= 4 is 9.84 Å². The Hall–Kier alpha value is -1.07. The Morgan fingerprint density at radius 3 is 2.48 bits per heavy atom. The molecular weight excluding hydrogens is 286 g/mol. The van der Waals surface area contributed by atoms with Crippen LogP contribution in [0.15, 0.2) is 18.2 Å². The highest BCUT2D eigenvalue weighted by Gasteiger charge is 2.22. The Morgan fingerprint density at radius 1 is 1.29 bits per heavy atom. The molecule has 0 amide bonds. The molecule has 120 valence electrons. The fraction of sp³-hybridized carbons (Fsp3) is 0.625. The number of hydrogen-bond acceptors (Lipinski definition) is 4. The van der Waals surface area contributed by atoms with Crippen LogP contribution in [0.1, 0.15) is 37.4 Å². The molecule has 4 nitrogen and oxygen atoms in total. The third kappa shape index (κ3) is 5.67. The van der Waals surface area contributed by atoms with E-state index in [1.54, 1.807) is 14.2 Å².